The molecular weight excluding hydrogens is 208 g/mol. The van der Waals surface area contributed by atoms with Crippen LogP contribution in [0.2, 0.25) is 0 Å². The van der Waals surface area contributed by atoms with Crippen LogP contribution in [0.25, 0.3) is 0 Å². The number of aliphatic hydroxyl groups is 1. The molecule has 4 atom stereocenters. The van der Waals surface area contributed by atoms with E-state index >= 15 is 0 Å². The minimum absolute atomic E-state index is 0.337. The van der Waals surface area contributed by atoms with Gasteiger partial charge in [0.2, 0.25) is 0 Å². The Morgan fingerprint density at radius 1 is 1.35 bits per heavy atom. The highest BCUT2D eigenvalue weighted by atomic mass is 16.3. The summed E-state index contributed by atoms with van der Waals surface area (Å²) in [7, 11) is 0. The lowest BCUT2D eigenvalue weighted by molar-refractivity contribution is -0.0615. The van der Waals surface area contributed by atoms with Crippen molar-refractivity contribution in [1.82, 2.24) is 0 Å². The van der Waals surface area contributed by atoms with Gasteiger partial charge in [0.15, 0.2) is 0 Å². The summed E-state index contributed by atoms with van der Waals surface area (Å²) >= 11 is 0. The van der Waals surface area contributed by atoms with Crippen molar-refractivity contribution in [3.05, 3.63) is 48.0 Å². The Bertz CT molecular complexity index is 451. The summed E-state index contributed by atoms with van der Waals surface area (Å²) in [4.78, 5) is 0. The Hall–Kier alpha value is -1.08. The van der Waals surface area contributed by atoms with Gasteiger partial charge in [0, 0.05) is 11.8 Å². The van der Waals surface area contributed by atoms with Crippen LogP contribution >= 0.6 is 0 Å². The summed E-state index contributed by atoms with van der Waals surface area (Å²) in [6.07, 6.45) is 5.27. The Morgan fingerprint density at radius 2 is 2.12 bits per heavy atom. The molecular formula is C16H20O. The van der Waals surface area contributed by atoms with Crippen LogP contribution in [0.15, 0.2) is 36.9 Å². The molecule has 3 rings (SSSR count). The van der Waals surface area contributed by atoms with Crippen molar-refractivity contribution in [2.45, 2.75) is 37.7 Å². The Balaban J connectivity index is 2.14. The number of allylic oxidation sites excluding steroid dienone is 1. The molecule has 0 radical (unpaired) electrons. The highest BCUT2D eigenvalue weighted by Gasteiger charge is 2.52. The summed E-state index contributed by atoms with van der Waals surface area (Å²) < 4.78 is 0. The van der Waals surface area contributed by atoms with Crippen LogP contribution in [0.5, 0.6) is 0 Å². The van der Waals surface area contributed by atoms with Crippen LogP contribution in [0, 0.1) is 11.8 Å². The lowest BCUT2D eigenvalue weighted by atomic mass is 9.69. The Kier molecular flexibility index (Phi) is 2.41. The van der Waals surface area contributed by atoms with E-state index in [1.807, 2.05) is 12.1 Å². The first-order valence-corrected chi connectivity index (χ1v) is 6.61. The topological polar surface area (TPSA) is 20.2 Å². The summed E-state index contributed by atoms with van der Waals surface area (Å²) in [5, 5.41) is 11.1. The van der Waals surface area contributed by atoms with Crippen molar-refractivity contribution < 1.29 is 5.11 Å². The quantitative estimate of drug-likeness (QED) is 0.728. The molecule has 2 aliphatic rings. The predicted molar refractivity (Wildman–Crippen MR) is 69.8 cm³/mol. The normalized spacial score (nSPS) is 39.5. The largest absolute Gasteiger partial charge is 0.385 e. The molecule has 0 saturated heterocycles. The second-order valence-electron chi connectivity index (χ2n) is 5.77. The minimum Gasteiger partial charge on any atom is -0.385 e. The van der Waals surface area contributed by atoms with Crippen LogP contribution < -0.4 is 0 Å². The fourth-order valence-corrected chi connectivity index (χ4v) is 3.96. The van der Waals surface area contributed by atoms with Crippen LogP contribution in [0.4, 0.5) is 0 Å². The maximum atomic E-state index is 11.1. The van der Waals surface area contributed by atoms with E-state index in [0.717, 1.165) is 18.4 Å². The predicted octanol–water partition coefficient (Wildman–Crippen LogP) is 3.59. The zero-order valence-corrected chi connectivity index (χ0v) is 10.4. The molecule has 0 aliphatic heterocycles. The second kappa shape index (κ2) is 3.71. The smallest absolute Gasteiger partial charge is 0.0938 e. The van der Waals surface area contributed by atoms with Gasteiger partial charge in [-0.3, -0.25) is 0 Å². The third-order valence-corrected chi connectivity index (χ3v) is 4.72. The van der Waals surface area contributed by atoms with Gasteiger partial charge >= 0.3 is 0 Å². The zero-order valence-electron chi connectivity index (χ0n) is 10.4. The number of fused-ring (bicyclic) bond motifs is 3. The van der Waals surface area contributed by atoms with Crippen molar-refractivity contribution in [1.29, 1.82) is 0 Å². The molecule has 1 aromatic rings. The van der Waals surface area contributed by atoms with Crippen molar-refractivity contribution in [3.8, 4) is 0 Å². The molecule has 1 heteroatoms. The fourth-order valence-electron chi connectivity index (χ4n) is 3.96. The van der Waals surface area contributed by atoms with Gasteiger partial charge < -0.3 is 5.11 Å². The van der Waals surface area contributed by atoms with Crippen molar-refractivity contribution in [2.24, 2.45) is 11.8 Å². The van der Waals surface area contributed by atoms with E-state index in [1.54, 1.807) is 0 Å². The van der Waals surface area contributed by atoms with Crippen LogP contribution in [0.3, 0.4) is 0 Å². The molecule has 1 fully saturated rings. The van der Waals surface area contributed by atoms with E-state index in [0.29, 0.717) is 17.8 Å². The first kappa shape index (κ1) is 11.0. The summed E-state index contributed by atoms with van der Waals surface area (Å²) in [6, 6.07) is 8.37. The monoisotopic (exact) mass is 228 g/mol. The minimum atomic E-state index is -0.604. The van der Waals surface area contributed by atoms with Gasteiger partial charge in [-0.2, -0.15) is 0 Å². The second-order valence-corrected chi connectivity index (χ2v) is 5.77. The van der Waals surface area contributed by atoms with Crippen molar-refractivity contribution in [3.63, 3.8) is 0 Å². The van der Waals surface area contributed by atoms with Gasteiger partial charge in [0.25, 0.3) is 0 Å². The average Bonchev–Trinajstić information content (AvgIpc) is 2.57. The number of rotatable bonds is 1. The molecule has 1 nitrogen and oxygen atoms in total. The maximum Gasteiger partial charge on any atom is 0.0938 e. The highest BCUT2D eigenvalue weighted by Crippen LogP contribution is 2.57. The van der Waals surface area contributed by atoms with E-state index in [4.69, 9.17) is 0 Å². The van der Waals surface area contributed by atoms with E-state index in [2.05, 4.69) is 31.7 Å². The molecule has 0 amide bonds. The van der Waals surface area contributed by atoms with Crippen LogP contribution in [0.1, 0.15) is 43.2 Å². The molecule has 0 unspecified atom stereocenters. The molecule has 90 valence electrons. The first-order chi connectivity index (χ1) is 8.16. The van der Waals surface area contributed by atoms with E-state index < -0.39 is 5.60 Å². The molecule has 17 heavy (non-hydrogen) atoms. The van der Waals surface area contributed by atoms with Gasteiger partial charge in [-0.25, -0.2) is 0 Å². The highest BCUT2D eigenvalue weighted by molar-refractivity contribution is 5.44. The number of hydrogen-bond donors (Lipinski definition) is 1. The molecule has 0 aromatic heterocycles. The molecule has 0 bridgehead atoms. The third-order valence-electron chi connectivity index (χ3n) is 4.72. The Morgan fingerprint density at radius 3 is 2.88 bits per heavy atom. The van der Waals surface area contributed by atoms with Crippen LogP contribution in [-0.4, -0.2) is 5.11 Å². The maximum absolute atomic E-state index is 11.1. The standard InChI is InChI=1S/C16H20O/c1-3-12-13-6-4-5-7-14(13)16(17)10-11(2)8-9-15(12)16/h3-7,11-12,15,17H,1,8-10H2,2H3/t11-,12-,15+,16+/m0/s1. The van der Waals surface area contributed by atoms with Crippen LogP contribution in [-0.2, 0) is 5.60 Å². The van der Waals surface area contributed by atoms with Gasteiger partial charge in [0.1, 0.15) is 0 Å². The van der Waals surface area contributed by atoms with Gasteiger partial charge in [0.05, 0.1) is 5.60 Å². The lowest BCUT2D eigenvalue weighted by Gasteiger charge is -2.40. The molecule has 1 aromatic carbocycles. The van der Waals surface area contributed by atoms with Gasteiger partial charge in [-0.05, 0) is 29.9 Å². The molecule has 2 aliphatic carbocycles. The fraction of sp³-hybridized carbons (Fsp3) is 0.500. The van der Waals surface area contributed by atoms with Gasteiger partial charge in [-0.15, -0.1) is 6.58 Å². The summed E-state index contributed by atoms with van der Waals surface area (Å²) in [5.41, 5.74) is 1.85. The molecule has 0 spiro atoms. The van der Waals surface area contributed by atoms with E-state index in [9.17, 15) is 5.11 Å². The molecule has 1 N–H and O–H groups in total. The molecule has 1 saturated carbocycles. The van der Waals surface area contributed by atoms with Crippen molar-refractivity contribution >= 4 is 0 Å². The first-order valence-electron chi connectivity index (χ1n) is 6.61. The average molecular weight is 228 g/mol. The summed E-state index contributed by atoms with van der Waals surface area (Å²) in [5.74, 6) is 1.30. The lowest BCUT2D eigenvalue weighted by Crippen LogP contribution is -2.38. The number of hydrogen-bond acceptors (Lipinski definition) is 1. The molecule has 0 heterocycles. The SMILES string of the molecule is C=C[C@H]1c2ccccc2[C@]2(O)C[C@@H](C)CC[C@H]12. The summed E-state index contributed by atoms with van der Waals surface area (Å²) in [6.45, 7) is 6.22. The zero-order chi connectivity index (χ0) is 12.0. The van der Waals surface area contributed by atoms with E-state index in [-0.39, 0.29) is 0 Å². The van der Waals surface area contributed by atoms with Gasteiger partial charge in [-0.1, -0.05) is 43.7 Å². The van der Waals surface area contributed by atoms with E-state index in [1.165, 1.54) is 12.0 Å². The third kappa shape index (κ3) is 1.42. The van der Waals surface area contributed by atoms with Crippen molar-refractivity contribution in [2.75, 3.05) is 0 Å². The Labute approximate surface area is 103 Å². The number of benzene rings is 1.